The van der Waals surface area contributed by atoms with Gasteiger partial charge in [0, 0.05) is 0 Å². The van der Waals surface area contributed by atoms with Gasteiger partial charge in [0.1, 0.15) is 17.9 Å². The van der Waals surface area contributed by atoms with Gasteiger partial charge in [0.25, 0.3) is 5.91 Å². The van der Waals surface area contributed by atoms with Crippen molar-refractivity contribution in [3.63, 3.8) is 0 Å². The van der Waals surface area contributed by atoms with E-state index < -0.39 is 24.0 Å². The number of ether oxygens (including phenoxy) is 2. The topological polar surface area (TPSA) is 88.4 Å². The molecule has 20 heavy (non-hydrogen) atoms. The van der Waals surface area contributed by atoms with Crippen molar-refractivity contribution in [2.75, 3.05) is 6.61 Å². The zero-order valence-electron chi connectivity index (χ0n) is 11.3. The number of hydrogen-bond acceptors (Lipinski definition) is 5. The minimum Gasteiger partial charge on any atom is -0.484 e. The van der Waals surface area contributed by atoms with E-state index in [1.54, 1.807) is 30.3 Å². The van der Waals surface area contributed by atoms with Crippen LogP contribution < -0.4 is 10.1 Å². The average molecular weight is 276 g/mol. The average Bonchev–Trinajstić information content (AvgIpc) is 2.45. The summed E-state index contributed by atoms with van der Waals surface area (Å²) in [6.45, 7) is 2.73. The molecule has 1 N–H and O–H groups in total. The summed E-state index contributed by atoms with van der Waals surface area (Å²) in [5.41, 5.74) is 0. The molecule has 0 saturated carbocycles. The zero-order valence-corrected chi connectivity index (χ0v) is 11.3. The highest BCUT2D eigenvalue weighted by Crippen LogP contribution is 2.07. The molecule has 0 fully saturated rings. The summed E-state index contributed by atoms with van der Waals surface area (Å²) >= 11 is 0. The maximum absolute atomic E-state index is 11.6. The van der Waals surface area contributed by atoms with Gasteiger partial charge in [0.05, 0.1) is 0 Å². The molecule has 0 aromatic heterocycles. The van der Waals surface area contributed by atoms with E-state index in [4.69, 9.17) is 14.7 Å². The van der Waals surface area contributed by atoms with E-state index in [0.29, 0.717) is 5.75 Å². The molecule has 6 heteroatoms. The van der Waals surface area contributed by atoms with Crippen LogP contribution in [0.25, 0.3) is 0 Å². The molecular formula is C14H16N2O4. The Labute approximate surface area is 117 Å². The fraction of sp³-hybridized carbons (Fsp3) is 0.357. The number of rotatable bonds is 6. The highest BCUT2D eigenvalue weighted by Gasteiger charge is 2.19. The zero-order chi connectivity index (χ0) is 15.0. The molecule has 1 aromatic carbocycles. The maximum Gasteiger partial charge on any atom is 0.329 e. The lowest BCUT2D eigenvalue weighted by molar-refractivity contribution is -0.149. The van der Waals surface area contributed by atoms with Crippen LogP contribution in [0.2, 0.25) is 0 Å². The molecule has 0 aliphatic carbocycles. The minimum atomic E-state index is -0.845. The van der Waals surface area contributed by atoms with Crippen LogP contribution in [0, 0.1) is 11.3 Å². The summed E-state index contributed by atoms with van der Waals surface area (Å²) in [7, 11) is 0. The van der Waals surface area contributed by atoms with Gasteiger partial charge >= 0.3 is 5.97 Å². The normalized spacial score (nSPS) is 12.7. The van der Waals surface area contributed by atoms with E-state index in [1.165, 1.54) is 13.8 Å². The molecule has 106 valence electrons. The molecule has 1 aromatic rings. The van der Waals surface area contributed by atoms with E-state index in [-0.39, 0.29) is 6.61 Å². The van der Waals surface area contributed by atoms with Crippen molar-refractivity contribution in [2.24, 2.45) is 0 Å². The van der Waals surface area contributed by atoms with Gasteiger partial charge in [-0.2, -0.15) is 5.26 Å². The summed E-state index contributed by atoms with van der Waals surface area (Å²) < 4.78 is 10.0. The summed E-state index contributed by atoms with van der Waals surface area (Å²) in [6.07, 6.45) is -0.845. The van der Waals surface area contributed by atoms with Gasteiger partial charge in [-0.05, 0) is 26.0 Å². The van der Waals surface area contributed by atoms with Crippen molar-refractivity contribution in [3.05, 3.63) is 30.3 Å². The summed E-state index contributed by atoms with van der Waals surface area (Å²) in [5.74, 6) is -0.536. The Morgan fingerprint density at radius 2 is 1.95 bits per heavy atom. The van der Waals surface area contributed by atoms with Crippen molar-refractivity contribution in [1.29, 1.82) is 5.26 Å². The quantitative estimate of drug-likeness (QED) is 0.784. The third-order valence-corrected chi connectivity index (χ3v) is 2.32. The van der Waals surface area contributed by atoms with Crippen molar-refractivity contribution in [3.8, 4) is 11.8 Å². The first kappa shape index (κ1) is 15.5. The van der Waals surface area contributed by atoms with E-state index in [2.05, 4.69) is 5.32 Å². The van der Waals surface area contributed by atoms with Crippen LogP contribution in [-0.4, -0.2) is 30.6 Å². The molecule has 0 spiro atoms. The number of para-hydroxylation sites is 1. The van der Waals surface area contributed by atoms with E-state index in [9.17, 15) is 9.59 Å². The van der Waals surface area contributed by atoms with Gasteiger partial charge in [-0.1, -0.05) is 18.2 Å². The van der Waals surface area contributed by atoms with E-state index in [1.807, 2.05) is 6.07 Å². The molecule has 0 radical (unpaired) electrons. The fourth-order valence-corrected chi connectivity index (χ4v) is 1.31. The lowest BCUT2D eigenvalue weighted by atomic mass is 10.3. The predicted octanol–water partition coefficient (Wildman–Crippen LogP) is 1.03. The Hall–Kier alpha value is -2.55. The van der Waals surface area contributed by atoms with Crippen LogP contribution in [-0.2, 0) is 14.3 Å². The third-order valence-electron chi connectivity index (χ3n) is 2.32. The number of esters is 1. The fourth-order valence-electron chi connectivity index (χ4n) is 1.31. The molecule has 0 aliphatic heterocycles. The van der Waals surface area contributed by atoms with Gasteiger partial charge in [0.15, 0.2) is 12.7 Å². The number of benzene rings is 1. The first-order valence-corrected chi connectivity index (χ1v) is 6.10. The molecular weight excluding hydrogens is 260 g/mol. The maximum atomic E-state index is 11.6. The third kappa shape index (κ3) is 5.40. The molecule has 0 unspecified atom stereocenters. The lowest BCUT2D eigenvalue weighted by Crippen LogP contribution is -2.42. The van der Waals surface area contributed by atoms with Crippen molar-refractivity contribution >= 4 is 11.9 Å². The standard InChI is InChI=1S/C14H16N2O4/c1-10(8-15)20-14(18)11(2)16-13(17)9-19-12-6-4-3-5-7-12/h3-7,10-11H,9H2,1-2H3,(H,16,17)/t10-,11+/m1/s1. The minimum absolute atomic E-state index is 0.199. The van der Waals surface area contributed by atoms with E-state index in [0.717, 1.165) is 0 Å². The Morgan fingerprint density at radius 3 is 2.55 bits per heavy atom. The molecule has 6 nitrogen and oxygen atoms in total. The highest BCUT2D eigenvalue weighted by molar-refractivity contribution is 5.85. The number of carbonyl (C=O) groups excluding carboxylic acids is 2. The van der Waals surface area contributed by atoms with Crippen molar-refractivity contribution in [1.82, 2.24) is 5.32 Å². The summed E-state index contributed by atoms with van der Waals surface area (Å²) in [4.78, 5) is 23.1. The molecule has 2 atom stereocenters. The summed E-state index contributed by atoms with van der Waals surface area (Å²) in [5, 5.41) is 11.0. The number of nitrogens with zero attached hydrogens (tertiary/aromatic N) is 1. The van der Waals surface area contributed by atoms with Gasteiger partial charge in [-0.15, -0.1) is 0 Å². The second-order valence-corrected chi connectivity index (χ2v) is 4.10. The molecule has 1 rings (SSSR count). The van der Waals surface area contributed by atoms with Crippen LogP contribution in [0.5, 0.6) is 5.75 Å². The van der Waals surface area contributed by atoms with Gasteiger partial charge in [-0.3, -0.25) is 4.79 Å². The second-order valence-electron chi connectivity index (χ2n) is 4.10. The second kappa shape index (κ2) is 7.79. The largest absolute Gasteiger partial charge is 0.484 e. The van der Waals surface area contributed by atoms with Crippen LogP contribution in [0.3, 0.4) is 0 Å². The molecule has 1 amide bonds. The molecule has 0 heterocycles. The van der Waals surface area contributed by atoms with Gasteiger partial charge in [0.2, 0.25) is 0 Å². The Kier molecular flexibility index (Phi) is 6.04. The van der Waals surface area contributed by atoms with Gasteiger partial charge in [-0.25, -0.2) is 4.79 Å². The first-order valence-electron chi connectivity index (χ1n) is 6.10. The number of nitrogens with one attached hydrogen (secondary N) is 1. The summed E-state index contributed by atoms with van der Waals surface area (Å²) in [6, 6.07) is 9.79. The number of carbonyl (C=O) groups is 2. The van der Waals surface area contributed by atoms with Crippen LogP contribution in [0.15, 0.2) is 30.3 Å². The van der Waals surface area contributed by atoms with Crippen LogP contribution in [0.1, 0.15) is 13.8 Å². The number of hydrogen-bond donors (Lipinski definition) is 1. The Bertz CT molecular complexity index is 496. The Balaban J connectivity index is 2.35. The number of amides is 1. The molecule has 0 aliphatic rings. The van der Waals surface area contributed by atoms with Gasteiger partial charge < -0.3 is 14.8 Å². The van der Waals surface area contributed by atoms with Crippen molar-refractivity contribution in [2.45, 2.75) is 26.0 Å². The van der Waals surface area contributed by atoms with Crippen LogP contribution >= 0.6 is 0 Å². The molecule has 0 bridgehead atoms. The number of nitriles is 1. The first-order chi connectivity index (χ1) is 9.52. The Morgan fingerprint density at radius 1 is 1.30 bits per heavy atom. The SMILES string of the molecule is C[C@H](C#N)OC(=O)[C@H](C)NC(=O)COc1ccccc1. The predicted molar refractivity (Wildman–Crippen MR) is 70.7 cm³/mol. The lowest BCUT2D eigenvalue weighted by Gasteiger charge is -2.14. The highest BCUT2D eigenvalue weighted by atomic mass is 16.5. The smallest absolute Gasteiger partial charge is 0.329 e. The van der Waals surface area contributed by atoms with Crippen molar-refractivity contribution < 1.29 is 19.1 Å². The monoisotopic (exact) mass is 276 g/mol. The van der Waals surface area contributed by atoms with E-state index >= 15 is 0 Å². The molecule has 0 saturated heterocycles. The van der Waals surface area contributed by atoms with Crippen LogP contribution in [0.4, 0.5) is 0 Å².